The number of carbonyl (C=O) groups excluding carboxylic acids is 2. The summed E-state index contributed by atoms with van der Waals surface area (Å²) in [6.07, 6.45) is 0. The molecule has 1 atom stereocenters. The van der Waals surface area contributed by atoms with Gasteiger partial charge in [0, 0.05) is 11.8 Å². The molecule has 0 aromatic heterocycles. The van der Waals surface area contributed by atoms with Gasteiger partial charge in [0.2, 0.25) is 0 Å². The van der Waals surface area contributed by atoms with Crippen LogP contribution in [0.25, 0.3) is 5.76 Å². The van der Waals surface area contributed by atoms with Crippen molar-refractivity contribution < 1.29 is 28.9 Å². The number of aliphatic hydroxyl groups is 1. The average Bonchev–Trinajstić information content (AvgIpc) is 3.24. The number of Topliss-reactive ketones (excluding diaryl/α,β-unsaturated/α-hetero) is 1. The summed E-state index contributed by atoms with van der Waals surface area (Å²) in [6, 6.07) is 27.9. The standard InChI is InChI=1S/C34H31NO6/c1-4-39-26-18-19-28(29(21-26)40-5-2)32(36)30-31(35(34(38)33(30)37)24-16-14-22(3)15-17-24)23-10-9-13-27(20-23)41-25-11-7-6-8-12-25/h6-21,31,36H,4-5H2,1-3H3/b32-30+. The summed E-state index contributed by atoms with van der Waals surface area (Å²) in [5.41, 5.74) is 2.39. The minimum atomic E-state index is -0.918. The Morgan fingerprint density at radius 3 is 2.20 bits per heavy atom. The Bertz CT molecular complexity index is 1590. The first-order valence-electron chi connectivity index (χ1n) is 13.5. The average molecular weight is 550 g/mol. The molecular formula is C34H31NO6. The highest BCUT2D eigenvalue weighted by Gasteiger charge is 2.47. The van der Waals surface area contributed by atoms with Crippen LogP contribution < -0.4 is 19.1 Å². The highest BCUT2D eigenvalue weighted by molar-refractivity contribution is 6.51. The van der Waals surface area contributed by atoms with Gasteiger partial charge in [-0.05, 0) is 74.9 Å². The van der Waals surface area contributed by atoms with Gasteiger partial charge >= 0.3 is 0 Å². The van der Waals surface area contributed by atoms with E-state index in [1.807, 2.05) is 69.3 Å². The molecule has 0 saturated carbocycles. The molecule has 208 valence electrons. The van der Waals surface area contributed by atoms with Gasteiger partial charge in [-0.25, -0.2) is 0 Å². The Balaban J connectivity index is 1.68. The molecule has 4 aromatic rings. The fourth-order valence-electron chi connectivity index (χ4n) is 4.87. The number of anilines is 1. The van der Waals surface area contributed by atoms with Gasteiger partial charge in [0.15, 0.2) is 0 Å². The second-order valence-corrected chi connectivity index (χ2v) is 9.52. The second-order valence-electron chi connectivity index (χ2n) is 9.52. The number of benzene rings is 4. The smallest absolute Gasteiger partial charge is 0.300 e. The van der Waals surface area contributed by atoms with Crippen molar-refractivity contribution in [3.8, 4) is 23.0 Å². The van der Waals surface area contributed by atoms with Crippen LogP contribution in [-0.2, 0) is 9.59 Å². The first kappa shape index (κ1) is 27.5. The van der Waals surface area contributed by atoms with E-state index in [0.29, 0.717) is 53.0 Å². The summed E-state index contributed by atoms with van der Waals surface area (Å²) in [7, 11) is 0. The summed E-state index contributed by atoms with van der Waals surface area (Å²) in [5.74, 6) is 0.223. The van der Waals surface area contributed by atoms with Crippen molar-refractivity contribution in [1.29, 1.82) is 0 Å². The predicted molar refractivity (Wildman–Crippen MR) is 158 cm³/mol. The van der Waals surface area contributed by atoms with Crippen LogP contribution in [0.1, 0.15) is 36.6 Å². The lowest BCUT2D eigenvalue weighted by Crippen LogP contribution is -2.29. The van der Waals surface area contributed by atoms with E-state index in [9.17, 15) is 14.7 Å². The van der Waals surface area contributed by atoms with Crippen molar-refractivity contribution in [2.24, 2.45) is 0 Å². The van der Waals surface area contributed by atoms with E-state index in [1.54, 1.807) is 48.5 Å². The van der Waals surface area contributed by atoms with E-state index in [1.165, 1.54) is 4.90 Å². The van der Waals surface area contributed by atoms with E-state index in [2.05, 4.69) is 0 Å². The van der Waals surface area contributed by atoms with Gasteiger partial charge in [-0.1, -0.05) is 48.0 Å². The second kappa shape index (κ2) is 12.0. The lowest BCUT2D eigenvalue weighted by atomic mass is 9.94. The molecule has 1 amide bonds. The fraction of sp³-hybridized carbons (Fsp3) is 0.176. The number of hydrogen-bond donors (Lipinski definition) is 1. The van der Waals surface area contributed by atoms with Crippen LogP contribution in [0.3, 0.4) is 0 Å². The molecule has 5 rings (SSSR count). The van der Waals surface area contributed by atoms with Gasteiger partial charge in [-0.2, -0.15) is 0 Å². The van der Waals surface area contributed by atoms with Crippen molar-refractivity contribution in [1.82, 2.24) is 0 Å². The number of aliphatic hydroxyl groups excluding tert-OH is 1. The zero-order chi connectivity index (χ0) is 28.9. The molecule has 1 aliphatic rings. The van der Waals surface area contributed by atoms with E-state index >= 15 is 0 Å². The van der Waals surface area contributed by atoms with Crippen LogP contribution in [-0.4, -0.2) is 30.0 Å². The molecular weight excluding hydrogens is 518 g/mol. The number of amides is 1. The Labute approximate surface area is 239 Å². The van der Waals surface area contributed by atoms with Crippen LogP contribution in [0.2, 0.25) is 0 Å². The number of ether oxygens (including phenoxy) is 3. The van der Waals surface area contributed by atoms with Gasteiger partial charge < -0.3 is 19.3 Å². The van der Waals surface area contributed by atoms with Crippen LogP contribution in [0.15, 0.2) is 103 Å². The lowest BCUT2D eigenvalue weighted by Gasteiger charge is -2.26. The zero-order valence-corrected chi connectivity index (χ0v) is 23.2. The van der Waals surface area contributed by atoms with Crippen molar-refractivity contribution in [3.05, 3.63) is 119 Å². The minimum Gasteiger partial charge on any atom is -0.507 e. The molecule has 1 heterocycles. The largest absolute Gasteiger partial charge is 0.507 e. The molecule has 0 spiro atoms. The Kier molecular flexibility index (Phi) is 8.06. The molecule has 1 saturated heterocycles. The molecule has 4 aromatic carbocycles. The monoisotopic (exact) mass is 549 g/mol. The number of ketones is 1. The van der Waals surface area contributed by atoms with Gasteiger partial charge in [0.25, 0.3) is 11.7 Å². The predicted octanol–water partition coefficient (Wildman–Crippen LogP) is 7.21. The Morgan fingerprint density at radius 2 is 1.49 bits per heavy atom. The molecule has 1 N–H and O–H groups in total. The molecule has 0 radical (unpaired) electrons. The van der Waals surface area contributed by atoms with Crippen LogP contribution in [0, 0.1) is 6.92 Å². The molecule has 0 aliphatic carbocycles. The third kappa shape index (κ3) is 5.65. The normalized spacial score (nSPS) is 16.1. The van der Waals surface area contributed by atoms with Crippen molar-refractivity contribution in [2.45, 2.75) is 26.8 Å². The lowest BCUT2D eigenvalue weighted by molar-refractivity contribution is -0.132. The van der Waals surface area contributed by atoms with Gasteiger partial charge in [0.1, 0.15) is 28.8 Å². The Hall–Kier alpha value is -5.04. The van der Waals surface area contributed by atoms with E-state index < -0.39 is 17.7 Å². The maximum atomic E-state index is 13.7. The Morgan fingerprint density at radius 1 is 0.780 bits per heavy atom. The summed E-state index contributed by atoms with van der Waals surface area (Å²) in [6.45, 7) is 6.43. The van der Waals surface area contributed by atoms with E-state index in [-0.39, 0.29) is 11.3 Å². The molecule has 1 aliphatic heterocycles. The third-order valence-electron chi connectivity index (χ3n) is 6.73. The van der Waals surface area contributed by atoms with Crippen molar-refractivity contribution in [2.75, 3.05) is 18.1 Å². The minimum absolute atomic E-state index is 0.0439. The summed E-state index contributed by atoms with van der Waals surface area (Å²) in [5, 5.41) is 11.7. The van der Waals surface area contributed by atoms with E-state index in [4.69, 9.17) is 14.2 Å². The highest BCUT2D eigenvalue weighted by Crippen LogP contribution is 2.44. The molecule has 7 nitrogen and oxygen atoms in total. The number of hydrogen-bond acceptors (Lipinski definition) is 6. The fourth-order valence-corrected chi connectivity index (χ4v) is 4.87. The van der Waals surface area contributed by atoms with Gasteiger partial charge in [-0.3, -0.25) is 14.5 Å². The molecule has 7 heteroatoms. The van der Waals surface area contributed by atoms with Crippen molar-refractivity contribution in [3.63, 3.8) is 0 Å². The summed E-state index contributed by atoms with van der Waals surface area (Å²) >= 11 is 0. The van der Waals surface area contributed by atoms with Gasteiger partial charge in [-0.15, -0.1) is 0 Å². The molecule has 1 fully saturated rings. The van der Waals surface area contributed by atoms with Crippen molar-refractivity contribution >= 4 is 23.1 Å². The number of aryl methyl sites for hydroxylation is 1. The SMILES string of the molecule is CCOc1ccc(/C(O)=C2\C(=O)C(=O)N(c3ccc(C)cc3)C2c2cccc(Oc3ccccc3)c2)c(OCC)c1. The first-order chi connectivity index (χ1) is 19.9. The van der Waals surface area contributed by atoms with Crippen LogP contribution in [0.4, 0.5) is 5.69 Å². The first-order valence-corrected chi connectivity index (χ1v) is 13.5. The summed E-state index contributed by atoms with van der Waals surface area (Å²) in [4.78, 5) is 28.7. The number of carbonyl (C=O) groups is 2. The van der Waals surface area contributed by atoms with Gasteiger partial charge in [0.05, 0.1) is 30.4 Å². The quantitative estimate of drug-likeness (QED) is 0.135. The topological polar surface area (TPSA) is 85.3 Å². The van der Waals surface area contributed by atoms with E-state index in [0.717, 1.165) is 5.56 Å². The summed E-state index contributed by atoms with van der Waals surface area (Å²) < 4.78 is 17.5. The maximum Gasteiger partial charge on any atom is 0.300 e. The maximum absolute atomic E-state index is 13.7. The number of para-hydroxylation sites is 1. The zero-order valence-electron chi connectivity index (χ0n) is 23.2. The van der Waals surface area contributed by atoms with Crippen LogP contribution in [0.5, 0.6) is 23.0 Å². The molecule has 41 heavy (non-hydrogen) atoms. The van der Waals surface area contributed by atoms with Crippen LogP contribution >= 0.6 is 0 Å². The third-order valence-corrected chi connectivity index (χ3v) is 6.73. The number of rotatable bonds is 9. The molecule has 1 unspecified atom stereocenters. The number of nitrogens with zero attached hydrogens (tertiary/aromatic N) is 1. The highest BCUT2D eigenvalue weighted by atomic mass is 16.5. The molecule has 0 bridgehead atoms.